The molecule has 7 heteroatoms. The van der Waals surface area contributed by atoms with E-state index in [-0.39, 0.29) is 12.4 Å². The van der Waals surface area contributed by atoms with Gasteiger partial charge in [-0.25, -0.2) is 8.42 Å². The summed E-state index contributed by atoms with van der Waals surface area (Å²) in [4.78, 5) is 7.18. The molecule has 1 saturated heterocycles. The number of piperidine rings is 1. The molecular weight excluding hydrogens is 430 g/mol. The molecule has 0 aliphatic carbocycles. The topological polar surface area (TPSA) is 53.5 Å². The summed E-state index contributed by atoms with van der Waals surface area (Å²) in [5.41, 5.74) is 3.42. The first kappa shape index (κ1) is 22.2. The van der Waals surface area contributed by atoms with Gasteiger partial charge in [0.25, 0.3) is 0 Å². The number of para-hydroxylation sites is 1. The molecule has 5 nitrogen and oxygen atoms in total. The van der Waals surface area contributed by atoms with Crippen molar-refractivity contribution in [1.29, 1.82) is 0 Å². The SMILES string of the molecule is Cl.O=S(=O)(c1cccc2cccnc12)N1CCCC(CN2CCc3ccccc3C2)C1. The van der Waals surface area contributed by atoms with Crippen molar-refractivity contribution < 1.29 is 8.42 Å². The number of fused-ring (bicyclic) bond motifs is 2. The van der Waals surface area contributed by atoms with Gasteiger partial charge in [0.05, 0.1) is 5.52 Å². The van der Waals surface area contributed by atoms with Crippen molar-refractivity contribution in [2.45, 2.75) is 30.7 Å². The minimum atomic E-state index is -3.56. The Morgan fingerprint density at radius 2 is 1.77 bits per heavy atom. The second kappa shape index (κ2) is 9.25. The van der Waals surface area contributed by atoms with Crippen molar-refractivity contribution in [3.05, 3.63) is 71.9 Å². The number of hydrogen-bond acceptors (Lipinski definition) is 4. The van der Waals surface area contributed by atoms with Gasteiger partial charge in [-0.05, 0) is 48.4 Å². The van der Waals surface area contributed by atoms with E-state index in [1.807, 2.05) is 24.3 Å². The molecule has 1 unspecified atom stereocenters. The molecule has 0 radical (unpaired) electrons. The van der Waals surface area contributed by atoms with E-state index in [4.69, 9.17) is 0 Å². The molecule has 0 amide bonds. The standard InChI is InChI=1S/C24H27N3O2S.ClH/c28-30(29,23-11-3-9-21-10-4-13-25-24(21)23)27-14-5-6-19(17-27)16-26-15-12-20-7-1-2-8-22(20)18-26;/h1-4,7-11,13,19H,5-6,12,14-18H2;1H. The summed E-state index contributed by atoms with van der Waals surface area (Å²) in [6, 6.07) is 17.8. The summed E-state index contributed by atoms with van der Waals surface area (Å²) in [7, 11) is -3.56. The predicted molar refractivity (Wildman–Crippen MR) is 126 cm³/mol. The van der Waals surface area contributed by atoms with Crippen LogP contribution >= 0.6 is 12.4 Å². The van der Waals surface area contributed by atoms with Gasteiger partial charge in [0, 0.05) is 44.3 Å². The fourth-order valence-electron chi connectivity index (χ4n) is 4.89. The van der Waals surface area contributed by atoms with Crippen molar-refractivity contribution >= 4 is 33.3 Å². The number of benzene rings is 2. The highest BCUT2D eigenvalue weighted by atomic mass is 35.5. The third-order valence-electron chi connectivity index (χ3n) is 6.42. The zero-order valence-corrected chi connectivity index (χ0v) is 19.1. The zero-order valence-electron chi connectivity index (χ0n) is 17.5. The number of nitrogens with zero attached hydrogens (tertiary/aromatic N) is 3. The minimum Gasteiger partial charge on any atom is -0.298 e. The second-order valence-corrected chi connectivity index (χ2v) is 10.4. The first-order valence-electron chi connectivity index (χ1n) is 10.7. The average Bonchev–Trinajstić information content (AvgIpc) is 2.79. The monoisotopic (exact) mass is 457 g/mol. The van der Waals surface area contributed by atoms with Gasteiger partial charge in [0.2, 0.25) is 10.0 Å². The molecule has 1 atom stereocenters. The lowest BCUT2D eigenvalue weighted by Crippen LogP contribution is -2.44. The van der Waals surface area contributed by atoms with E-state index in [1.165, 1.54) is 11.1 Å². The molecule has 0 bridgehead atoms. The molecule has 164 valence electrons. The molecular formula is C24H28ClN3O2S. The third kappa shape index (κ3) is 4.48. The molecule has 2 aromatic carbocycles. The van der Waals surface area contributed by atoms with Crippen LogP contribution < -0.4 is 0 Å². The summed E-state index contributed by atoms with van der Waals surface area (Å²) in [5.74, 6) is 0.363. The van der Waals surface area contributed by atoms with E-state index in [1.54, 1.807) is 16.6 Å². The number of pyridine rings is 1. The van der Waals surface area contributed by atoms with Gasteiger partial charge in [0.15, 0.2) is 0 Å². The lowest BCUT2D eigenvalue weighted by Gasteiger charge is -2.36. The van der Waals surface area contributed by atoms with Crippen LogP contribution in [0.3, 0.4) is 0 Å². The van der Waals surface area contributed by atoms with E-state index in [0.717, 1.165) is 44.3 Å². The molecule has 0 N–H and O–H groups in total. The summed E-state index contributed by atoms with van der Waals surface area (Å²) < 4.78 is 28.6. The van der Waals surface area contributed by atoms with Crippen LogP contribution in [0.5, 0.6) is 0 Å². The van der Waals surface area contributed by atoms with E-state index in [0.29, 0.717) is 29.4 Å². The summed E-state index contributed by atoms with van der Waals surface area (Å²) >= 11 is 0. The quantitative estimate of drug-likeness (QED) is 0.591. The number of aromatic nitrogens is 1. The third-order valence-corrected chi connectivity index (χ3v) is 8.32. The van der Waals surface area contributed by atoms with Gasteiger partial charge in [-0.1, -0.05) is 42.5 Å². The molecule has 2 aliphatic rings. The Hall–Kier alpha value is -1.99. The van der Waals surface area contributed by atoms with E-state index in [9.17, 15) is 8.42 Å². The van der Waals surface area contributed by atoms with Crippen LogP contribution in [0.25, 0.3) is 10.9 Å². The van der Waals surface area contributed by atoms with Crippen molar-refractivity contribution in [2.24, 2.45) is 5.92 Å². The first-order chi connectivity index (χ1) is 14.6. The lowest BCUT2D eigenvalue weighted by atomic mass is 9.95. The van der Waals surface area contributed by atoms with Crippen LogP contribution in [-0.2, 0) is 23.0 Å². The number of halogens is 1. The first-order valence-corrected chi connectivity index (χ1v) is 12.2. The van der Waals surface area contributed by atoms with Crippen LogP contribution in [0.15, 0.2) is 65.7 Å². The van der Waals surface area contributed by atoms with Crippen molar-refractivity contribution in [2.75, 3.05) is 26.2 Å². The Kier molecular flexibility index (Phi) is 6.63. The second-order valence-electron chi connectivity index (χ2n) is 8.46. The van der Waals surface area contributed by atoms with Crippen LogP contribution in [0.1, 0.15) is 24.0 Å². The van der Waals surface area contributed by atoms with Crippen molar-refractivity contribution in [3.63, 3.8) is 0 Å². The Bertz CT molecular complexity index is 1160. The molecule has 1 fully saturated rings. The van der Waals surface area contributed by atoms with Gasteiger partial charge in [-0.2, -0.15) is 4.31 Å². The summed E-state index contributed by atoms with van der Waals surface area (Å²) in [5, 5.41) is 0.860. The highest BCUT2D eigenvalue weighted by Crippen LogP contribution is 2.29. The highest BCUT2D eigenvalue weighted by Gasteiger charge is 2.32. The van der Waals surface area contributed by atoms with Crippen LogP contribution in [-0.4, -0.2) is 48.8 Å². The largest absolute Gasteiger partial charge is 0.298 e. The maximum atomic E-state index is 13.5. The lowest BCUT2D eigenvalue weighted by molar-refractivity contribution is 0.167. The average molecular weight is 458 g/mol. The maximum absolute atomic E-state index is 13.5. The van der Waals surface area contributed by atoms with E-state index in [2.05, 4.69) is 34.1 Å². The molecule has 1 aromatic heterocycles. The molecule has 3 aromatic rings. The fourth-order valence-corrected chi connectivity index (χ4v) is 6.61. The number of hydrogen-bond donors (Lipinski definition) is 0. The van der Waals surface area contributed by atoms with E-state index >= 15 is 0 Å². The van der Waals surface area contributed by atoms with Gasteiger partial charge < -0.3 is 0 Å². The molecule has 31 heavy (non-hydrogen) atoms. The Labute approximate surface area is 190 Å². The smallest absolute Gasteiger partial charge is 0.245 e. The van der Waals surface area contributed by atoms with Crippen LogP contribution in [0, 0.1) is 5.92 Å². The maximum Gasteiger partial charge on any atom is 0.245 e. The minimum absolute atomic E-state index is 0. The van der Waals surface area contributed by atoms with Crippen LogP contribution in [0.4, 0.5) is 0 Å². The molecule has 0 spiro atoms. The normalized spacial score (nSPS) is 20.2. The Balaban J connectivity index is 0.00000231. The molecule has 2 aliphatic heterocycles. The molecule has 3 heterocycles. The summed E-state index contributed by atoms with van der Waals surface area (Å²) in [6.07, 6.45) is 4.73. The predicted octanol–water partition coefficient (Wildman–Crippen LogP) is 4.12. The fraction of sp³-hybridized carbons (Fsp3) is 0.375. The molecule has 0 saturated carbocycles. The highest BCUT2D eigenvalue weighted by molar-refractivity contribution is 7.89. The van der Waals surface area contributed by atoms with Gasteiger partial charge in [0.1, 0.15) is 4.90 Å². The number of sulfonamides is 1. The molecule has 5 rings (SSSR count). The Morgan fingerprint density at radius 1 is 0.968 bits per heavy atom. The van der Waals surface area contributed by atoms with Crippen LogP contribution in [0.2, 0.25) is 0 Å². The summed E-state index contributed by atoms with van der Waals surface area (Å²) in [6.45, 7) is 4.14. The van der Waals surface area contributed by atoms with Crippen molar-refractivity contribution in [3.8, 4) is 0 Å². The van der Waals surface area contributed by atoms with E-state index < -0.39 is 10.0 Å². The van der Waals surface area contributed by atoms with Gasteiger partial charge >= 0.3 is 0 Å². The zero-order chi connectivity index (χ0) is 20.6. The number of rotatable bonds is 4. The Morgan fingerprint density at radius 3 is 2.65 bits per heavy atom. The van der Waals surface area contributed by atoms with Crippen molar-refractivity contribution in [1.82, 2.24) is 14.2 Å². The van der Waals surface area contributed by atoms with Gasteiger partial charge in [-0.15, -0.1) is 12.4 Å². The van der Waals surface area contributed by atoms with Gasteiger partial charge in [-0.3, -0.25) is 9.88 Å².